The molecule has 0 atom stereocenters. The molecule has 0 fully saturated rings. The largest absolute Gasteiger partial charge is 0.487 e. The minimum absolute atomic E-state index is 0.566. The third kappa shape index (κ3) is 6.97. The molecule has 0 aliphatic heterocycles. The van der Waals surface area contributed by atoms with E-state index in [1.54, 1.807) is 0 Å². The van der Waals surface area contributed by atoms with Gasteiger partial charge in [0.1, 0.15) is 24.7 Å². The number of aryl methyl sites for hydroxylation is 2. The van der Waals surface area contributed by atoms with E-state index >= 15 is 0 Å². The van der Waals surface area contributed by atoms with Crippen LogP contribution in [0.15, 0.2) is 106 Å². The maximum atomic E-state index is 6.21. The smallest absolute Gasteiger partial charge is 0.137 e. The zero-order valence-electron chi connectivity index (χ0n) is 19.1. The van der Waals surface area contributed by atoms with Crippen LogP contribution in [0.3, 0.4) is 0 Å². The lowest BCUT2D eigenvalue weighted by Gasteiger charge is -2.15. The van der Waals surface area contributed by atoms with Gasteiger partial charge < -0.3 is 9.47 Å². The van der Waals surface area contributed by atoms with Gasteiger partial charge in [-0.15, -0.1) is 0 Å². The van der Waals surface area contributed by atoms with E-state index in [4.69, 9.17) is 9.47 Å². The maximum absolute atomic E-state index is 6.21. The van der Waals surface area contributed by atoms with Crippen LogP contribution in [-0.4, -0.2) is 0 Å². The van der Waals surface area contributed by atoms with E-state index in [9.17, 15) is 0 Å². The molecule has 0 N–H and O–H groups in total. The molecular formula is C30H28Br2O2. The van der Waals surface area contributed by atoms with Crippen molar-refractivity contribution in [1.29, 1.82) is 0 Å². The summed E-state index contributed by atoms with van der Waals surface area (Å²) in [4.78, 5) is 0. The van der Waals surface area contributed by atoms with Crippen LogP contribution in [0.1, 0.15) is 35.1 Å². The highest BCUT2D eigenvalue weighted by molar-refractivity contribution is 9.10. The predicted molar refractivity (Wildman–Crippen MR) is 146 cm³/mol. The number of ether oxygens (including phenoxy) is 2. The van der Waals surface area contributed by atoms with E-state index in [2.05, 4.69) is 80.4 Å². The van der Waals surface area contributed by atoms with Gasteiger partial charge in [0.2, 0.25) is 0 Å². The summed E-state index contributed by atoms with van der Waals surface area (Å²) in [5.41, 5.74) is 4.81. The number of hydrogen-bond donors (Lipinski definition) is 0. The molecule has 0 bridgehead atoms. The first kappa shape index (κ1) is 24.6. The van der Waals surface area contributed by atoms with Crippen LogP contribution in [0.4, 0.5) is 0 Å². The Morgan fingerprint density at radius 1 is 0.471 bits per heavy atom. The monoisotopic (exact) mass is 578 g/mol. The fraction of sp³-hybridized carbons (Fsp3) is 0.200. The fourth-order valence-corrected chi connectivity index (χ4v) is 4.96. The number of rotatable bonds is 11. The van der Waals surface area contributed by atoms with Crippen LogP contribution in [0, 0.1) is 0 Å². The molecule has 2 nitrogen and oxygen atoms in total. The lowest BCUT2D eigenvalue weighted by molar-refractivity contribution is 0.299. The Hall–Kier alpha value is -2.56. The minimum atomic E-state index is 0.566. The maximum Gasteiger partial charge on any atom is 0.137 e. The SMILES string of the molecule is Brc1cccc(CCCCc2cccc(Br)c2OCc2ccccc2)c1OCc1ccccc1. The molecule has 4 aromatic rings. The van der Waals surface area contributed by atoms with Crippen LogP contribution >= 0.6 is 31.9 Å². The van der Waals surface area contributed by atoms with Crippen LogP contribution in [0.2, 0.25) is 0 Å². The van der Waals surface area contributed by atoms with Crippen molar-refractivity contribution in [3.63, 3.8) is 0 Å². The Labute approximate surface area is 219 Å². The number of halogens is 2. The van der Waals surface area contributed by atoms with Gasteiger partial charge in [0.05, 0.1) is 8.95 Å². The van der Waals surface area contributed by atoms with E-state index in [-0.39, 0.29) is 0 Å². The van der Waals surface area contributed by atoms with Crippen LogP contribution < -0.4 is 9.47 Å². The summed E-state index contributed by atoms with van der Waals surface area (Å²) in [6, 6.07) is 33.2. The quantitative estimate of drug-likeness (QED) is 0.165. The Morgan fingerprint density at radius 2 is 0.882 bits per heavy atom. The van der Waals surface area contributed by atoms with Gasteiger partial charge in [-0.3, -0.25) is 0 Å². The van der Waals surface area contributed by atoms with E-state index in [0.29, 0.717) is 13.2 Å². The number of para-hydroxylation sites is 2. The molecule has 0 amide bonds. The molecule has 0 saturated heterocycles. The Morgan fingerprint density at radius 3 is 1.29 bits per heavy atom. The molecule has 0 aliphatic rings. The normalized spacial score (nSPS) is 10.8. The second-order valence-corrected chi connectivity index (χ2v) is 9.92. The molecule has 34 heavy (non-hydrogen) atoms. The molecular weight excluding hydrogens is 552 g/mol. The highest BCUT2D eigenvalue weighted by Gasteiger charge is 2.11. The summed E-state index contributed by atoms with van der Waals surface area (Å²) in [6.45, 7) is 1.13. The van der Waals surface area contributed by atoms with Crippen molar-refractivity contribution in [3.8, 4) is 11.5 Å². The Balaban J connectivity index is 1.34. The molecule has 0 aliphatic carbocycles. The topological polar surface area (TPSA) is 18.5 Å². The van der Waals surface area contributed by atoms with Gasteiger partial charge in [-0.05, 0) is 91.9 Å². The summed E-state index contributed by atoms with van der Waals surface area (Å²) >= 11 is 7.35. The van der Waals surface area contributed by atoms with E-state index in [0.717, 1.165) is 46.1 Å². The number of unbranched alkanes of at least 4 members (excludes halogenated alkanes) is 1. The summed E-state index contributed by atoms with van der Waals surface area (Å²) in [5, 5.41) is 0. The molecule has 4 aromatic carbocycles. The van der Waals surface area contributed by atoms with Gasteiger partial charge in [-0.2, -0.15) is 0 Å². The summed E-state index contributed by atoms with van der Waals surface area (Å²) in [5.74, 6) is 1.89. The van der Waals surface area contributed by atoms with Crippen molar-refractivity contribution in [3.05, 3.63) is 128 Å². The minimum Gasteiger partial charge on any atom is -0.487 e. The average molecular weight is 580 g/mol. The van der Waals surface area contributed by atoms with Crippen molar-refractivity contribution in [2.24, 2.45) is 0 Å². The second kappa shape index (κ2) is 12.8. The van der Waals surface area contributed by atoms with Gasteiger partial charge >= 0.3 is 0 Å². The lowest BCUT2D eigenvalue weighted by Crippen LogP contribution is -2.01. The molecule has 0 saturated carbocycles. The molecule has 4 rings (SSSR count). The van der Waals surface area contributed by atoms with Crippen LogP contribution in [0.5, 0.6) is 11.5 Å². The van der Waals surface area contributed by atoms with Crippen molar-refractivity contribution < 1.29 is 9.47 Å². The lowest BCUT2D eigenvalue weighted by atomic mass is 10.0. The average Bonchev–Trinajstić information content (AvgIpc) is 2.87. The first-order valence-corrected chi connectivity index (χ1v) is 13.2. The van der Waals surface area contributed by atoms with E-state index < -0.39 is 0 Å². The van der Waals surface area contributed by atoms with Crippen LogP contribution in [0.25, 0.3) is 0 Å². The number of hydrogen-bond acceptors (Lipinski definition) is 2. The molecule has 0 heterocycles. The third-order valence-electron chi connectivity index (χ3n) is 5.69. The molecule has 0 spiro atoms. The van der Waals surface area contributed by atoms with Crippen LogP contribution in [-0.2, 0) is 26.1 Å². The summed E-state index contributed by atoms with van der Waals surface area (Å²) in [7, 11) is 0. The summed E-state index contributed by atoms with van der Waals surface area (Å²) < 4.78 is 14.4. The molecule has 0 unspecified atom stereocenters. The third-order valence-corrected chi connectivity index (χ3v) is 6.94. The zero-order chi connectivity index (χ0) is 23.6. The van der Waals surface area contributed by atoms with Gasteiger partial charge in [0.25, 0.3) is 0 Å². The predicted octanol–water partition coefficient (Wildman–Crippen LogP) is 8.94. The first-order chi connectivity index (χ1) is 16.7. The van der Waals surface area contributed by atoms with Gasteiger partial charge in [0, 0.05) is 0 Å². The van der Waals surface area contributed by atoms with Crippen molar-refractivity contribution in [2.75, 3.05) is 0 Å². The van der Waals surface area contributed by atoms with Gasteiger partial charge in [0.15, 0.2) is 0 Å². The number of benzene rings is 4. The Kier molecular flexibility index (Phi) is 9.23. The highest BCUT2D eigenvalue weighted by Crippen LogP contribution is 2.33. The molecule has 0 aromatic heterocycles. The van der Waals surface area contributed by atoms with Gasteiger partial charge in [-0.1, -0.05) is 84.9 Å². The molecule has 0 radical (unpaired) electrons. The second-order valence-electron chi connectivity index (χ2n) is 8.21. The summed E-state index contributed by atoms with van der Waals surface area (Å²) in [6.07, 6.45) is 4.08. The fourth-order valence-electron chi connectivity index (χ4n) is 3.91. The molecule has 174 valence electrons. The van der Waals surface area contributed by atoms with Gasteiger partial charge in [-0.25, -0.2) is 0 Å². The van der Waals surface area contributed by atoms with E-state index in [1.165, 1.54) is 22.3 Å². The zero-order valence-corrected chi connectivity index (χ0v) is 22.2. The van der Waals surface area contributed by atoms with Crippen molar-refractivity contribution in [1.82, 2.24) is 0 Å². The first-order valence-electron chi connectivity index (χ1n) is 11.6. The van der Waals surface area contributed by atoms with Crippen molar-refractivity contribution in [2.45, 2.75) is 38.9 Å². The Bertz CT molecular complexity index is 1080. The van der Waals surface area contributed by atoms with Crippen molar-refractivity contribution >= 4 is 31.9 Å². The standard InChI is InChI=1S/C30H28Br2O2/c31-27-19-9-17-25(29(27)33-21-23-11-3-1-4-12-23)15-7-8-16-26-18-10-20-28(32)30(26)34-22-24-13-5-2-6-14-24/h1-6,9-14,17-20H,7-8,15-16,21-22H2. The highest BCUT2D eigenvalue weighted by atomic mass is 79.9. The van der Waals surface area contributed by atoms with E-state index in [1.807, 2.05) is 48.5 Å². The molecule has 4 heteroatoms.